The minimum absolute atomic E-state index is 0.0812. The van der Waals surface area contributed by atoms with Crippen LogP contribution in [0.5, 0.6) is 0 Å². The van der Waals surface area contributed by atoms with E-state index in [0.29, 0.717) is 18.2 Å². The minimum Gasteiger partial charge on any atom is -0.320 e. The normalized spacial score (nSPS) is 15.0. The number of carbonyl (C=O) groups excluding carboxylic acids is 1. The second kappa shape index (κ2) is 3.46. The van der Waals surface area contributed by atoms with Crippen LogP contribution in [0.4, 0.5) is 10.5 Å². The number of carbonyl (C=O) groups is 1. The zero-order chi connectivity index (χ0) is 10.1. The van der Waals surface area contributed by atoms with E-state index in [1.807, 2.05) is 6.92 Å². The van der Waals surface area contributed by atoms with Gasteiger partial charge in [-0.15, -0.1) is 0 Å². The van der Waals surface area contributed by atoms with Gasteiger partial charge in [0.2, 0.25) is 0 Å². The van der Waals surface area contributed by atoms with Gasteiger partial charge in [-0.25, -0.2) is 9.78 Å². The average Bonchev–Trinajstić information content (AvgIpc) is 2.17. The number of nitrogens with one attached hydrogen (secondary N) is 1. The van der Waals surface area contributed by atoms with Gasteiger partial charge in [0, 0.05) is 18.3 Å². The van der Waals surface area contributed by atoms with Crippen molar-refractivity contribution in [2.75, 3.05) is 11.9 Å². The Morgan fingerprint density at radius 1 is 1.71 bits per heavy atom. The number of amides is 2. The number of hydrogen-bond acceptors (Lipinski definition) is 2. The van der Waals surface area contributed by atoms with Crippen molar-refractivity contribution < 1.29 is 4.79 Å². The van der Waals surface area contributed by atoms with E-state index in [4.69, 9.17) is 11.6 Å². The summed E-state index contributed by atoms with van der Waals surface area (Å²) in [5.74, 6) is 0. The van der Waals surface area contributed by atoms with Crippen LogP contribution in [0, 0.1) is 0 Å². The van der Waals surface area contributed by atoms with E-state index >= 15 is 0 Å². The summed E-state index contributed by atoms with van der Waals surface area (Å²) in [5, 5.41) is 3.22. The Morgan fingerprint density at radius 3 is 3.21 bits per heavy atom. The maximum Gasteiger partial charge on any atom is 0.322 e. The van der Waals surface area contributed by atoms with Gasteiger partial charge in [0.25, 0.3) is 0 Å². The van der Waals surface area contributed by atoms with Crippen LogP contribution in [-0.4, -0.2) is 22.5 Å². The summed E-state index contributed by atoms with van der Waals surface area (Å²) in [4.78, 5) is 17.1. The molecule has 1 aliphatic heterocycles. The first kappa shape index (κ1) is 9.27. The molecule has 2 amide bonds. The summed E-state index contributed by atoms with van der Waals surface area (Å²) in [7, 11) is 0. The van der Waals surface area contributed by atoms with Crippen LogP contribution in [0.3, 0.4) is 0 Å². The fraction of sp³-hybridized carbons (Fsp3) is 0.333. The maximum atomic E-state index is 11.5. The Hall–Kier alpha value is -1.29. The molecule has 5 heteroatoms. The molecule has 1 aliphatic rings. The summed E-state index contributed by atoms with van der Waals surface area (Å²) < 4.78 is 0. The maximum absolute atomic E-state index is 11.5. The van der Waals surface area contributed by atoms with Crippen molar-refractivity contribution in [3.05, 3.63) is 23.0 Å². The number of fused-ring (bicyclic) bond motifs is 1. The number of nitrogens with zero attached hydrogens (tertiary/aromatic N) is 2. The molecule has 74 valence electrons. The first-order chi connectivity index (χ1) is 6.72. The molecule has 14 heavy (non-hydrogen) atoms. The van der Waals surface area contributed by atoms with Crippen LogP contribution >= 0.6 is 11.6 Å². The third-order valence-corrected chi connectivity index (χ3v) is 2.59. The molecule has 2 rings (SSSR count). The van der Waals surface area contributed by atoms with Gasteiger partial charge >= 0.3 is 6.03 Å². The molecule has 0 radical (unpaired) electrons. The van der Waals surface area contributed by atoms with Crippen molar-refractivity contribution in [2.24, 2.45) is 0 Å². The Morgan fingerprint density at radius 2 is 2.50 bits per heavy atom. The fourth-order valence-corrected chi connectivity index (χ4v) is 1.66. The number of aromatic nitrogens is 1. The van der Waals surface area contributed by atoms with Crippen molar-refractivity contribution in [1.82, 2.24) is 9.88 Å². The fourth-order valence-electron chi connectivity index (χ4n) is 1.45. The quantitative estimate of drug-likeness (QED) is 0.724. The van der Waals surface area contributed by atoms with E-state index in [1.54, 1.807) is 17.2 Å². The first-order valence-electron chi connectivity index (χ1n) is 4.41. The van der Waals surface area contributed by atoms with Crippen LogP contribution in [0.1, 0.15) is 12.5 Å². The van der Waals surface area contributed by atoms with Crippen LogP contribution in [0.25, 0.3) is 0 Å². The number of urea groups is 1. The zero-order valence-corrected chi connectivity index (χ0v) is 8.51. The summed E-state index contributed by atoms with van der Waals surface area (Å²) in [6.07, 6.45) is 1.59. The van der Waals surface area contributed by atoms with Gasteiger partial charge in [-0.2, -0.15) is 0 Å². The van der Waals surface area contributed by atoms with Crippen molar-refractivity contribution in [1.29, 1.82) is 0 Å². The van der Waals surface area contributed by atoms with Crippen LogP contribution in [-0.2, 0) is 6.54 Å². The molecule has 1 aromatic heterocycles. The molecule has 0 spiro atoms. The van der Waals surface area contributed by atoms with E-state index in [-0.39, 0.29) is 6.03 Å². The number of halogens is 1. The lowest BCUT2D eigenvalue weighted by atomic mass is 10.2. The van der Waals surface area contributed by atoms with Crippen LogP contribution in [0.2, 0.25) is 5.15 Å². The van der Waals surface area contributed by atoms with Gasteiger partial charge in [-0.3, -0.25) is 0 Å². The molecule has 0 unspecified atom stereocenters. The van der Waals surface area contributed by atoms with Gasteiger partial charge < -0.3 is 10.2 Å². The van der Waals surface area contributed by atoms with Gasteiger partial charge in [-0.05, 0) is 13.0 Å². The van der Waals surface area contributed by atoms with Crippen molar-refractivity contribution >= 4 is 23.3 Å². The minimum atomic E-state index is -0.0812. The average molecular weight is 212 g/mol. The highest BCUT2D eigenvalue weighted by Crippen LogP contribution is 2.27. The highest BCUT2D eigenvalue weighted by Gasteiger charge is 2.22. The molecule has 1 aromatic rings. The Labute approximate surface area is 86.9 Å². The topological polar surface area (TPSA) is 45.2 Å². The number of rotatable bonds is 1. The summed E-state index contributed by atoms with van der Waals surface area (Å²) >= 11 is 5.92. The van der Waals surface area contributed by atoms with E-state index in [0.717, 1.165) is 11.3 Å². The summed E-state index contributed by atoms with van der Waals surface area (Å²) in [6, 6.07) is 1.67. The van der Waals surface area contributed by atoms with Gasteiger partial charge in [-0.1, -0.05) is 11.6 Å². The van der Waals surface area contributed by atoms with E-state index in [2.05, 4.69) is 10.3 Å². The Bertz CT molecular complexity index is 380. The van der Waals surface area contributed by atoms with E-state index in [1.165, 1.54) is 0 Å². The third-order valence-electron chi connectivity index (χ3n) is 2.26. The van der Waals surface area contributed by atoms with E-state index < -0.39 is 0 Å². The largest absolute Gasteiger partial charge is 0.322 e. The van der Waals surface area contributed by atoms with E-state index in [9.17, 15) is 4.79 Å². The SMILES string of the molecule is CCN1Cc2c(ccnc2Cl)NC1=O. The molecule has 0 atom stereocenters. The smallest absolute Gasteiger partial charge is 0.320 e. The molecular weight excluding hydrogens is 202 g/mol. The lowest BCUT2D eigenvalue weighted by Crippen LogP contribution is -2.38. The lowest BCUT2D eigenvalue weighted by molar-refractivity contribution is 0.209. The van der Waals surface area contributed by atoms with Gasteiger partial charge in [0.15, 0.2) is 0 Å². The highest BCUT2D eigenvalue weighted by atomic mass is 35.5. The molecule has 0 aliphatic carbocycles. The predicted molar refractivity (Wildman–Crippen MR) is 54.3 cm³/mol. The zero-order valence-electron chi connectivity index (χ0n) is 7.75. The molecule has 0 saturated carbocycles. The molecule has 0 saturated heterocycles. The molecule has 1 N–H and O–H groups in total. The second-order valence-electron chi connectivity index (χ2n) is 3.07. The number of anilines is 1. The van der Waals surface area contributed by atoms with Crippen molar-refractivity contribution in [3.63, 3.8) is 0 Å². The molecule has 0 aromatic carbocycles. The predicted octanol–water partition coefficient (Wildman–Crippen LogP) is 2.10. The van der Waals surface area contributed by atoms with Gasteiger partial charge in [0.05, 0.1) is 12.2 Å². The molecule has 0 fully saturated rings. The monoisotopic (exact) mass is 211 g/mol. The highest BCUT2D eigenvalue weighted by molar-refractivity contribution is 6.30. The molecule has 2 heterocycles. The van der Waals surface area contributed by atoms with Crippen molar-refractivity contribution in [3.8, 4) is 0 Å². The Kier molecular flexibility index (Phi) is 2.29. The molecule has 4 nitrogen and oxygen atoms in total. The first-order valence-corrected chi connectivity index (χ1v) is 4.79. The lowest BCUT2D eigenvalue weighted by Gasteiger charge is -2.28. The Balaban J connectivity index is 2.40. The van der Waals surface area contributed by atoms with Crippen molar-refractivity contribution in [2.45, 2.75) is 13.5 Å². The summed E-state index contributed by atoms with van der Waals surface area (Å²) in [5.41, 5.74) is 1.65. The second-order valence-corrected chi connectivity index (χ2v) is 3.43. The molecular formula is C9H10ClN3O. The van der Waals surface area contributed by atoms with Crippen LogP contribution < -0.4 is 5.32 Å². The number of pyridine rings is 1. The third kappa shape index (κ3) is 1.42. The summed E-state index contributed by atoms with van der Waals surface area (Å²) in [6.45, 7) is 3.12. The standard InChI is InChI=1S/C9H10ClN3O/c1-2-13-5-6-7(12-9(13)14)3-4-11-8(6)10/h3-4H,2,5H2,1H3,(H,12,14). The van der Waals surface area contributed by atoms with Gasteiger partial charge in [0.1, 0.15) is 5.15 Å². The number of hydrogen-bond donors (Lipinski definition) is 1. The van der Waals surface area contributed by atoms with Crippen LogP contribution in [0.15, 0.2) is 12.3 Å². The molecule has 0 bridgehead atoms.